The van der Waals surface area contributed by atoms with Gasteiger partial charge in [-0.3, -0.25) is 5.10 Å². The number of nitrogens with zero attached hydrogens (tertiary/aromatic N) is 3. The van der Waals surface area contributed by atoms with Crippen LogP contribution in [-0.2, 0) is 0 Å². The van der Waals surface area contributed by atoms with Gasteiger partial charge in [-0.1, -0.05) is 16.8 Å². The average Bonchev–Trinajstić information content (AvgIpc) is 2.76. The van der Waals surface area contributed by atoms with Crippen LogP contribution in [0.3, 0.4) is 0 Å². The number of aromatic nitrogens is 3. The van der Waals surface area contributed by atoms with E-state index in [4.69, 9.17) is 27.3 Å². The molecule has 0 fully saturated rings. The number of nitrogens with two attached hydrogens (primary N) is 1. The van der Waals surface area contributed by atoms with E-state index in [-0.39, 0.29) is 16.7 Å². The molecule has 2 aromatic rings. The van der Waals surface area contributed by atoms with Gasteiger partial charge < -0.3 is 15.7 Å². The van der Waals surface area contributed by atoms with Crippen molar-refractivity contribution < 1.29 is 9.94 Å². The SMILES string of the molecule is Cc1cc(Oc2nccc(/C(N)=N/O)c2Cl)n[nH]1. The standard InChI is InChI=1S/C10H10ClN5O2/c1-5-4-7(15-14-5)18-10-8(11)6(2-3-13-10)9(12)16-17/h2-4,17H,1H3,(H2,12,16)(H,14,15). The van der Waals surface area contributed by atoms with E-state index in [1.807, 2.05) is 6.92 Å². The highest BCUT2D eigenvalue weighted by atomic mass is 35.5. The van der Waals surface area contributed by atoms with Gasteiger partial charge in [-0.25, -0.2) is 4.98 Å². The molecular formula is C10H10ClN5O2. The van der Waals surface area contributed by atoms with Crippen LogP contribution in [0, 0.1) is 6.92 Å². The van der Waals surface area contributed by atoms with Crippen molar-refractivity contribution in [2.24, 2.45) is 10.9 Å². The van der Waals surface area contributed by atoms with Gasteiger partial charge in [0.25, 0.3) is 0 Å². The number of hydrogen-bond donors (Lipinski definition) is 3. The number of rotatable bonds is 3. The number of amidine groups is 1. The van der Waals surface area contributed by atoms with E-state index in [0.717, 1.165) is 5.69 Å². The van der Waals surface area contributed by atoms with Crippen molar-refractivity contribution in [3.05, 3.63) is 34.6 Å². The van der Waals surface area contributed by atoms with Crippen LogP contribution in [0.1, 0.15) is 11.3 Å². The topological polar surface area (TPSA) is 109 Å². The van der Waals surface area contributed by atoms with Crippen LogP contribution in [0.5, 0.6) is 11.8 Å². The van der Waals surface area contributed by atoms with Crippen LogP contribution in [0.15, 0.2) is 23.5 Å². The molecule has 94 valence electrons. The summed E-state index contributed by atoms with van der Waals surface area (Å²) in [6, 6.07) is 3.20. The Balaban J connectivity index is 2.34. The Kier molecular flexibility index (Phi) is 3.33. The minimum Gasteiger partial charge on any atom is -0.417 e. The first-order valence-electron chi connectivity index (χ1n) is 4.94. The number of pyridine rings is 1. The predicted molar refractivity (Wildman–Crippen MR) is 65.2 cm³/mol. The number of nitrogens with one attached hydrogen (secondary N) is 1. The summed E-state index contributed by atoms with van der Waals surface area (Å²) in [4.78, 5) is 3.96. The second-order valence-electron chi connectivity index (χ2n) is 3.45. The predicted octanol–water partition coefficient (Wildman–Crippen LogP) is 1.65. The highest BCUT2D eigenvalue weighted by molar-refractivity contribution is 6.35. The Hall–Kier alpha value is -2.28. The number of oxime groups is 1. The third kappa shape index (κ3) is 2.35. The molecule has 0 aromatic carbocycles. The number of hydrogen-bond acceptors (Lipinski definition) is 5. The molecule has 2 aromatic heterocycles. The zero-order chi connectivity index (χ0) is 13.1. The fourth-order valence-corrected chi connectivity index (χ4v) is 1.54. The monoisotopic (exact) mass is 267 g/mol. The highest BCUT2D eigenvalue weighted by Crippen LogP contribution is 2.28. The normalized spacial score (nSPS) is 11.6. The average molecular weight is 268 g/mol. The molecule has 0 spiro atoms. The van der Waals surface area contributed by atoms with Crippen LogP contribution in [-0.4, -0.2) is 26.2 Å². The Morgan fingerprint density at radius 3 is 3.00 bits per heavy atom. The first-order valence-corrected chi connectivity index (χ1v) is 5.32. The van der Waals surface area contributed by atoms with Gasteiger partial charge in [-0.15, -0.1) is 5.10 Å². The van der Waals surface area contributed by atoms with Gasteiger partial charge in [0.1, 0.15) is 5.02 Å². The molecule has 0 unspecified atom stereocenters. The van der Waals surface area contributed by atoms with E-state index in [1.165, 1.54) is 12.3 Å². The largest absolute Gasteiger partial charge is 0.417 e. The number of aromatic amines is 1. The van der Waals surface area contributed by atoms with Crippen LogP contribution in [0.4, 0.5) is 0 Å². The first-order chi connectivity index (χ1) is 8.61. The van der Waals surface area contributed by atoms with E-state index >= 15 is 0 Å². The number of aryl methyl sites for hydroxylation is 1. The molecule has 0 aliphatic heterocycles. The van der Waals surface area contributed by atoms with Crippen molar-refractivity contribution in [2.75, 3.05) is 0 Å². The number of H-pyrrole nitrogens is 1. The quantitative estimate of drug-likeness (QED) is 0.339. The Bertz CT molecular complexity index is 596. The van der Waals surface area contributed by atoms with Crippen molar-refractivity contribution in [3.8, 4) is 11.8 Å². The lowest BCUT2D eigenvalue weighted by Crippen LogP contribution is -2.14. The summed E-state index contributed by atoms with van der Waals surface area (Å²) in [6.07, 6.45) is 1.44. The molecule has 2 rings (SSSR count). The molecule has 0 aliphatic carbocycles. The van der Waals surface area contributed by atoms with Gasteiger partial charge >= 0.3 is 0 Å². The third-order valence-corrected chi connectivity index (χ3v) is 2.49. The molecule has 0 aliphatic rings. The summed E-state index contributed by atoms with van der Waals surface area (Å²) < 4.78 is 5.39. The van der Waals surface area contributed by atoms with Crippen molar-refractivity contribution in [2.45, 2.75) is 6.92 Å². The lowest BCUT2D eigenvalue weighted by Gasteiger charge is -2.06. The lowest BCUT2D eigenvalue weighted by molar-refractivity contribution is 0.318. The van der Waals surface area contributed by atoms with Crippen molar-refractivity contribution in [1.82, 2.24) is 15.2 Å². The van der Waals surface area contributed by atoms with E-state index < -0.39 is 0 Å². The van der Waals surface area contributed by atoms with E-state index in [9.17, 15) is 0 Å². The van der Waals surface area contributed by atoms with E-state index in [2.05, 4.69) is 20.3 Å². The van der Waals surface area contributed by atoms with Gasteiger partial charge in [0.15, 0.2) is 5.84 Å². The molecule has 0 saturated carbocycles. The molecule has 2 heterocycles. The fraction of sp³-hybridized carbons (Fsp3) is 0.100. The van der Waals surface area contributed by atoms with Gasteiger partial charge in [0.2, 0.25) is 11.8 Å². The molecule has 0 atom stereocenters. The molecule has 18 heavy (non-hydrogen) atoms. The van der Waals surface area contributed by atoms with Crippen LogP contribution >= 0.6 is 11.6 Å². The maximum absolute atomic E-state index is 8.62. The highest BCUT2D eigenvalue weighted by Gasteiger charge is 2.13. The zero-order valence-electron chi connectivity index (χ0n) is 9.38. The number of ether oxygens (including phenoxy) is 1. The van der Waals surface area contributed by atoms with Crippen LogP contribution in [0.2, 0.25) is 5.02 Å². The van der Waals surface area contributed by atoms with Crippen molar-refractivity contribution in [1.29, 1.82) is 0 Å². The van der Waals surface area contributed by atoms with Crippen LogP contribution < -0.4 is 10.5 Å². The second kappa shape index (κ2) is 4.92. The third-order valence-electron chi connectivity index (χ3n) is 2.12. The summed E-state index contributed by atoms with van der Waals surface area (Å²) in [6.45, 7) is 1.84. The minimum atomic E-state index is -0.120. The number of halogens is 1. The summed E-state index contributed by atoms with van der Waals surface area (Å²) in [5.41, 5.74) is 6.64. The second-order valence-corrected chi connectivity index (χ2v) is 3.83. The Morgan fingerprint density at radius 2 is 2.39 bits per heavy atom. The van der Waals surface area contributed by atoms with E-state index in [1.54, 1.807) is 6.07 Å². The lowest BCUT2D eigenvalue weighted by atomic mass is 10.2. The molecule has 0 radical (unpaired) electrons. The Labute approximate surface area is 107 Å². The molecule has 7 nitrogen and oxygen atoms in total. The van der Waals surface area contributed by atoms with Gasteiger partial charge in [0, 0.05) is 23.5 Å². The van der Waals surface area contributed by atoms with Gasteiger partial charge in [-0.05, 0) is 13.0 Å². The minimum absolute atomic E-state index is 0.120. The van der Waals surface area contributed by atoms with Crippen molar-refractivity contribution >= 4 is 17.4 Å². The van der Waals surface area contributed by atoms with Crippen LogP contribution in [0.25, 0.3) is 0 Å². The molecule has 4 N–H and O–H groups in total. The molecule has 8 heteroatoms. The smallest absolute Gasteiger partial charge is 0.240 e. The van der Waals surface area contributed by atoms with Crippen molar-refractivity contribution in [3.63, 3.8) is 0 Å². The Morgan fingerprint density at radius 1 is 1.61 bits per heavy atom. The van der Waals surface area contributed by atoms with E-state index in [0.29, 0.717) is 11.4 Å². The maximum atomic E-state index is 8.62. The maximum Gasteiger partial charge on any atom is 0.240 e. The fourth-order valence-electron chi connectivity index (χ4n) is 1.29. The first kappa shape index (κ1) is 12.2. The molecule has 0 saturated heterocycles. The zero-order valence-corrected chi connectivity index (χ0v) is 10.1. The summed E-state index contributed by atoms with van der Waals surface area (Å²) in [5.74, 6) is 0.344. The molecule has 0 bridgehead atoms. The summed E-state index contributed by atoms with van der Waals surface area (Å²) in [7, 11) is 0. The summed E-state index contributed by atoms with van der Waals surface area (Å²) in [5, 5.41) is 18.3. The molecular weight excluding hydrogens is 258 g/mol. The van der Waals surface area contributed by atoms with Gasteiger partial charge in [-0.2, -0.15) is 0 Å². The van der Waals surface area contributed by atoms with Gasteiger partial charge in [0.05, 0.1) is 0 Å². The molecule has 0 amide bonds. The summed E-state index contributed by atoms with van der Waals surface area (Å²) >= 11 is 6.04.